The van der Waals surface area contributed by atoms with Gasteiger partial charge in [0, 0.05) is 25.4 Å². The van der Waals surface area contributed by atoms with Crippen molar-refractivity contribution in [2.24, 2.45) is 4.99 Å². The second kappa shape index (κ2) is 11.7. The zero-order valence-electron chi connectivity index (χ0n) is 15.3. The largest absolute Gasteiger partial charge is 0.475 e. The van der Waals surface area contributed by atoms with Crippen molar-refractivity contribution in [3.63, 3.8) is 0 Å². The van der Waals surface area contributed by atoms with Gasteiger partial charge in [-0.1, -0.05) is 18.2 Å². The van der Waals surface area contributed by atoms with E-state index in [1.807, 2.05) is 32.9 Å². The van der Waals surface area contributed by atoms with Gasteiger partial charge >= 0.3 is 0 Å². The number of halogens is 2. The van der Waals surface area contributed by atoms with E-state index in [-0.39, 0.29) is 35.9 Å². The van der Waals surface area contributed by atoms with Gasteiger partial charge < -0.3 is 15.4 Å². The van der Waals surface area contributed by atoms with Crippen LogP contribution in [0.1, 0.15) is 31.9 Å². The Morgan fingerprint density at radius 3 is 2.38 bits per heavy atom. The summed E-state index contributed by atoms with van der Waals surface area (Å²) >= 11 is 0. The van der Waals surface area contributed by atoms with E-state index in [2.05, 4.69) is 20.6 Å². The third kappa shape index (κ3) is 7.99. The number of rotatable bonds is 7. The summed E-state index contributed by atoms with van der Waals surface area (Å²) in [7, 11) is 0. The predicted molar refractivity (Wildman–Crippen MR) is 113 cm³/mol. The SMILES string of the molecule is CCNC(=NCc1ccc(OC(C)C)nc1)NCc1ccc(F)cc1.I. The zero-order valence-corrected chi connectivity index (χ0v) is 17.7. The van der Waals surface area contributed by atoms with Gasteiger partial charge in [0.1, 0.15) is 5.82 Å². The maximum Gasteiger partial charge on any atom is 0.213 e. The van der Waals surface area contributed by atoms with E-state index in [0.29, 0.717) is 24.9 Å². The Balaban J connectivity index is 0.00000338. The Morgan fingerprint density at radius 1 is 1.12 bits per heavy atom. The molecular formula is C19H26FIN4O. The molecule has 0 fully saturated rings. The zero-order chi connectivity index (χ0) is 18.1. The molecule has 0 amide bonds. The van der Waals surface area contributed by atoms with Crippen molar-refractivity contribution in [2.45, 2.75) is 40.0 Å². The van der Waals surface area contributed by atoms with Gasteiger partial charge in [0.15, 0.2) is 5.96 Å². The molecule has 1 aromatic carbocycles. The van der Waals surface area contributed by atoms with Crippen LogP contribution in [-0.2, 0) is 13.1 Å². The van der Waals surface area contributed by atoms with E-state index in [0.717, 1.165) is 17.7 Å². The van der Waals surface area contributed by atoms with E-state index < -0.39 is 0 Å². The highest BCUT2D eigenvalue weighted by atomic mass is 127. The number of nitrogens with zero attached hydrogens (tertiary/aromatic N) is 2. The van der Waals surface area contributed by atoms with Crippen LogP contribution >= 0.6 is 24.0 Å². The number of guanidine groups is 1. The Bertz CT molecular complexity index is 675. The van der Waals surface area contributed by atoms with Crippen molar-refractivity contribution in [3.05, 3.63) is 59.5 Å². The first-order valence-corrected chi connectivity index (χ1v) is 8.45. The van der Waals surface area contributed by atoms with Crippen molar-refractivity contribution >= 4 is 29.9 Å². The standard InChI is InChI=1S/C19H25FN4O.HI/c1-4-21-19(23-11-15-5-8-17(20)9-6-15)24-13-16-7-10-18(22-12-16)25-14(2)3;/h5-10,12,14H,4,11,13H2,1-3H3,(H2,21,23,24);1H. The molecule has 1 aromatic heterocycles. The summed E-state index contributed by atoms with van der Waals surface area (Å²) in [5.74, 6) is 1.08. The Kier molecular flexibility index (Phi) is 9.93. The molecule has 0 aliphatic carbocycles. The molecule has 26 heavy (non-hydrogen) atoms. The van der Waals surface area contributed by atoms with Gasteiger partial charge in [-0.3, -0.25) is 0 Å². The van der Waals surface area contributed by atoms with Gasteiger partial charge in [-0.25, -0.2) is 14.4 Å². The molecule has 0 aliphatic heterocycles. The Morgan fingerprint density at radius 2 is 1.81 bits per heavy atom. The summed E-state index contributed by atoms with van der Waals surface area (Å²) in [4.78, 5) is 8.82. The predicted octanol–water partition coefficient (Wildman–Crippen LogP) is 3.88. The topological polar surface area (TPSA) is 58.5 Å². The second-order valence-corrected chi connectivity index (χ2v) is 5.85. The van der Waals surface area contributed by atoms with Crippen LogP contribution in [-0.4, -0.2) is 23.6 Å². The van der Waals surface area contributed by atoms with Crippen molar-refractivity contribution < 1.29 is 9.13 Å². The number of ether oxygens (including phenoxy) is 1. The third-order valence-corrected chi connectivity index (χ3v) is 3.29. The lowest BCUT2D eigenvalue weighted by molar-refractivity contribution is 0.232. The molecule has 2 rings (SSSR count). The molecule has 1 heterocycles. The van der Waals surface area contributed by atoms with Gasteiger partial charge in [-0.05, 0) is 44.0 Å². The van der Waals surface area contributed by atoms with Crippen LogP contribution in [0.2, 0.25) is 0 Å². The molecule has 142 valence electrons. The molecule has 0 spiro atoms. The number of benzene rings is 1. The summed E-state index contributed by atoms with van der Waals surface area (Å²) in [6.45, 7) is 7.79. The Labute approximate surface area is 171 Å². The van der Waals surface area contributed by atoms with Crippen LogP contribution in [0.3, 0.4) is 0 Å². The molecule has 2 N–H and O–H groups in total. The number of nitrogens with one attached hydrogen (secondary N) is 2. The van der Waals surface area contributed by atoms with E-state index in [1.54, 1.807) is 18.3 Å². The first-order chi connectivity index (χ1) is 12.1. The summed E-state index contributed by atoms with van der Waals surface area (Å²) in [5.41, 5.74) is 1.99. The van der Waals surface area contributed by atoms with Crippen LogP contribution < -0.4 is 15.4 Å². The minimum atomic E-state index is -0.235. The van der Waals surface area contributed by atoms with Gasteiger partial charge in [-0.15, -0.1) is 24.0 Å². The number of hydrogen-bond acceptors (Lipinski definition) is 3. The Hall–Kier alpha value is -1.90. The number of hydrogen-bond donors (Lipinski definition) is 2. The first-order valence-electron chi connectivity index (χ1n) is 8.45. The monoisotopic (exact) mass is 472 g/mol. The second-order valence-electron chi connectivity index (χ2n) is 5.85. The highest BCUT2D eigenvalue weighted by Crippen LogP contribution is 2.10. The van der Waals surface area contributed by atoms with Gasteiger partial charge in [0.25, 0.3) is 0 Å². The summed E-state index contributed by atoms with van der Waals surface area (Å²) in [6, 6.07) is 10.2. The van der Waals surface area contributed by atoms with Crippen LogP contribution in [0.25, 0.3) is 0 Å². The normalized spacial score (nSPS) is 11.0. The van der Waals surface area contributed by atoms with Crippen LogP contribution in [0.4, 0.5) is 4.39 Å². The molecule has 0 saturated heterocycles. The lowest BCUT2D eigenvalue weighted by Crippen LogP contribution is -2.36. The maximum atomic E-state index is 12.9. The van der Waals surface area contributed by atoms with Crippen molar-refractivity contribution in [2.75, 3.05) is 6.54 Å². The fourth-order valence-electron chi connectivity index (χ4n) is 2.12. The van der Waals surface area contributed by atoms with Crippen LogP contribution in [0.15, 0.2) is 47.6 Å². The smallest absolute Gasteiger partial charge is 0.213 e. The molecule has 0 saturated carbocycles. The van der Waals surface area contributed by atoms with E-state index in [4.69, 9.17) is 4.74 Å². The average Bonchev–Trinajstić information content (AvgIpc) is 2.59. The highest BCUT2D eigenvalue weighted by Gasteiger charge is 2.01. The molecule has 7 heteroatoms. The minimum absolute atomic E-state index is 0. The van der Waals surface area contributed by atoms with E-state index >= 15 is 0 Å². The van der Waals surface area contributed by atoms with Crippen molar-refractivity contribution in [1.82, 2.24) is 15.6 Å². The van der Waals surface area contributed by atoms with Crippen molar-refractivity contribution in [1.29, 1.82) is 0 Å². The minimum Gasteiger partial charge on any atom is -0.475 e. The number of pyridine rings is 1. The maximum absolute atomic E-state index is 12.9. The summed E-state index contributed by atoms with van der Waals surface area (Å²) in [5, 5.41) is 6.43. The van der Waals surface area contributed by atoms with Crippen molar-refractivity contribution in [3.8, 4) is 5.88 Å². The third-order valence-electron chi connectivity index (χ3n) is 3.29. The van der Waals surface area contributed by atoms with Crippen LogP contribution in [0.5, 0.6) is 5.88 Å². The quantitative estimate of drug-likeness (QED) is 0.365. The first kappa shape index (κ1) is 22.1. The van der Waals surface area contributed by atoms with E-state index in [9.17, 15) is 4.39 Å². The van der Waals surface area contributed by atoms with Gasteiger partial charge in [-0.2, -0.15) is 0 Å². The highest BCUT2D eigenvalue weighted by molar-refractivity contribution is 14.0. The summed E-state index contributed by atoms with van der Waals surface area (Å²) < 4.78 is 18.5. The average molecular weight is 472 g/mol. The fourth-order valence-corrected chi connectivity index (χ4v) is 2.12. The molecular weight excluding hydrogens is 446 g/mol. The molecule has 0 aliphatic rings. The number of aliphatic imine (C=N–C) groups is 1. The molecule has 5 nitrogen and oxygen atoms in total. The number of aromatic nitrogens is 1. The molecule has 0 unspecified atom stereocenters. The molecule has 0 atom stereocenters. The molecule has 2 aromatic rings. The summed E-state index contributed by atoms with van der Waals surface area (Å²) in [6.07, 6.45) is 1.87. The van der Waals surface area contributed by atoms with Gasteiger partial charge in [0.05, 0.1) is 12.6 Å². The molecule has 0 radical (unpaired) electrons. The lowest BCUT2D eigenvalue weighted by Gasteiger charge is -2.12. The van der Waals surface area contributed by atoms with Crippen LogP contribution in [0, 0.1) is 5.82 Å². The lowest BCUT2D eigenvalue weighted by atomic mass is 10.2. The fraction of sp³-hybridized carbons (Fsp3) is 0.368. The van der Waals surface area contributed by atoms with E-state index in [1.165, 1.54) is 12.1 Å². The van der Waals surface area contributed by atoms with Gasteiger partial charge in [0.2, 0.25) is 5.88 Å². The molecule has 0 bridgehead atoms.